The summed E-state index contributed by atoms with van der Waals surface area (Å²) in [6.07, 6.45) is -4.67. The van der Waals surface area contributed by atoms with Crippen LogP contribution in [0.25, 0.3) is 0 Å². The Balaban J connectivity index is 1.92. The molecule has 0 heterocycles. The van der Waals surface area contributed by atoms with Crippen LogP contribution in [0.2, 0.25) is 5.02 Å². The third kappa shape index (κ3) is 6.13. The van der Waals surface area contributed by atoms with Crippen LogP contribution in [0, 0.1) is 12.7 Å². The summed E-state index contributed by atoms with van der Waals surface area (Å²) in [5, 5.41) is 2.05. The minimum Gasteiger partial charge on any atom is -0.324 e. The molecule has 3 rings (SSSR count). The van der Waals surface area contributed by atoms with Gasteiger partial charge >= 0.3 is 6.18 Å². The lowest BCUT2D eigenvalue weighted by Gasteiger charge is -2.22. The number of hydrogen-bond donors (Lipinski definition) is 1. The molecule has 1 amide bonds. The Kier molecular flexibility index (Phi) is 7.64. The van der Waals surface area contributed by atoms with Crippen LogP contribution in [0.5, 0.6) is 0 Å². The molecule has 0 fully saturated rings. The second-order valence-electron chi connectivity index (χ2n) is 7.42. The number of halogens is 5. The minimum absolute atomic E-state index is 0.0167. The van der Waals surface area contributed by atoms with Gasteiger partial charge in [0.15, 0.2) is 0 Å². The molecule has 0 spiro atoms. The molecule has 0 aromatic heterocycles. The first-order valence-electron chi connectivity index (χ1n) is 9.85. The number of hydrogen-bond acceptors (Lipinski definition) is 3. The summed E-state index contributed by atoms with van der Waals surface area (Å²) in [5.41, 5.74) is -0.553. The van der Waals surface area contributed by atoms with E-state index < -0.39 is 46.6 Å². The smallest absolute Gasteiger partial charge is 0.324 e. The van der Waals surface area contributed by atoms with E-state index in [1.807, 2.05) is 0 Å². The third-order valence-electron chi connectivity index (χ3n) is 4.85. The van der Waals surface area contributed by atoms with Gasteiger partial charge in [-0.2, -0.15) is 17.5 Å². The molecule has 11 heteroatoms. The molecule has 180 valence electrons. The van der Waals surface area contributed by atoms with E-state index in [-0.39, 0.29) is 21.2 Å². The first-order chi connectivity index (χ1) is 15.9. The Morgan fingerprint density at radius 1 is 1.03 bits per heavy atom. The summed E-state index contributed by atoms with van der Waals surface area (Å²) in [5.74, 6) is -1.62. The Morgan fingerprint density at radius 2 is 1.68 bits per heavy atom. The van der Waals surface area contributed by atoms with Crippen LogP contribution in [-0.4, -0.2) is 25.2 Å². The highest BCUT2D eigenvalue weighted by molar-refractivity contribution is 7.89. The monoisotopic (exact) mass is 514 g/mol. The molecule has 0 atom stereocenters. The van der Waals surface area contributed by atoms with Crippen molar-refractivity contribution in [1.82, 2.24) is 4.31 Å². The molecule has 0 saturated heterocycles. The van der Waals surface area contributed by atoms with E-state index in [2.05, 4.69) is 5.32 Å². The Hall–Kier alpha value is -2.95. The van der Waals surface area contributed by atoms with Crippen molar-refractivity contribution in [3.05, 3.63) is 94.3 Å². The number of anilines is 1. The zero-order valence-electron chi connectivity index (χ0n) is 17.7. The van der Waals surface area contributed by atoms with Crippen LogP contribution in [0.15, 0.2) is 71.6 Å². The lowest BCUT2D eigenvalue weighted by molar-refractivity contribution is -0.137. The first-order valence-corrected chi connectivity index (χ1v) is 11.7. The van der Waals surface area contributed by atoms with Crippen LogP contribution < -0.4 is 5.32 Å². The molecule has 5 nitrogen and oxygen atoms in total. The number of amides is 1. The van der Waals surface area contributed by atoms with Crippen molar-refractivity contribution in [2.45, 2.75) is 24.5 Å². The van der Waals surface area contributed by atoms with Crippen LogP contribution in [-0.2, 0) is 27.5 Å². The van der Waals surface area contributed by atoms with E-state index in [9.17, 15) is 30.8 Å². The topological polar surface area (TPSA) is 66.5 Å². The van der Waals surface area contributed by atoms with Crippen molar-refractivity contribution in [1.29, 1.82) is 0 Å². The molecule has 3 aromatic rings. The predicted molar refractivity (Wildman–Crippen MR) is 120 cm³/mol. The zero-order chi connectivity index (χ0) is 25.1. The van der Waals surface area contributed by atoms with E-state index in [1.165, 1.54) is 30.3 Å². The molecule has 3 aromatic carbocycles. The molecule has 0 aliphatic heterocycles. The number of sulfonamides is 1. The van der Waals surface area contributed by atoms with Crippen LogP contribution >= 0.6 is 11.6 Å². The van der Waals surface area contributed by atoms with Crippen molar-refractivity contribution in [3.63, 3.8) is 0 Å². The fourth-order valence-electron chi connectivity index (χ4n) is 3.05. The highest BCUT2D eigenvalue weighted by Crippen LogP contribution is 2.34. The number of carbonyl (C=O) groups is 1. The predicted octanol–water partition coefficient (Wildman–Crippen LogP) is 5.64. The minimum atomic E-state index is -4.67. The summed E-state index contributed by atoms with van der Waals surface area (Å²) >= 11 is 5.91. The number of carbonyl (C=O) groups excluding carboxylic acids is 1. The molecule has 1 N–H and O–H groups in total. The van der Waals surface area contributed by atoms with Crippen molar-refractivity contribution >= 4 is 33.2 Å². The Bertz CT molecular complexity index is 1300. The van der Waals surface area contributed by atoms with Gasteiger partial charge in [0.1, 0.15) is 5.82 Å². The van der Waals surface area contributed by atoms with Crippen molar-refractivity contribution in [2.75, 3.05) is 11.9 Å². The highest BCUT2D eigenvalue weighted by Gasteiger charge is 2.32. The van der Waals surface area contributed by atoms with E-state index in [0.29, 0.717) is 6.07 Å². The second kappa shape index (κ2) is 10.1. The summed E-state index contributed by atoms with van der Waals surface area (Å²) in [6, 6.07) is 13.7. The molecule has 0 aliphatic carbocycles. The molecule has 0 unspecified atom stereocenters. The van der Waals surface area contributed by atoms with Crippen molar-refractivity contribution in [3.8, 4) is 0 Å². The normalized spacial score (nSPS) is 12.1. The Morgan fingerprint density at radius 3 is 2.29 bits per heavy atom. The maximum atomic E-state index is 14.2. The maximum Gasteiger partial charge on any atom is 0.416 e. The van der Waals surface area contributed by atoms with Gasteiger partial charge in [-0.15, -0.1) is 0 Å². The summed E-state index contributed by atoms with van der Waals surface area (Å²) in [6.45, 7) is 0.490. The van der Waals surface area contributed by atoms with Gasteiger partial charge in [-0.1, -0.05) is 47.5 Å². The molecular formula is C23H19ClF4N2O3S. The van der Waals surface area contributed by atoms with Crippen LogP contribution in [0.4, 0.5) is 23.2 Å². The summed E-state index contributed by atoms with van der Waals surface area (Å²) in [7, 11) is -4.27. The first kappa shape index (κ1) is 25.7. The van der Waals surface area contributed by atoms with Crippen molar-refractivity contribution < 1.29 is 30.8 Å². The fraction of sp³-hybridized carbons (Fsp3) is 0.174. The van der Waals surface area contributed by atoms with Gasteiger partial charge < -0.3 is 5.32 Å². The number of benzene rings is 3. The maximum absolute atomic E-state index is 14.2. The number of rotatable bonds is 7. The van der Waals surface area contributed by atoms with Crippen molar-refractivity contribution in [2.24, 2.45) is 0 Å². The van der Waals surface area contributed by atoms with Crippen LogP contribution in [0.3, 0.4) is 0 Å². The number of nitrogens with one attached hydrogen (secondary N) is 1. The Labute approximate surface area is 199 Å². The molecule has 0 bridgehead atoms. The van der Waals surface area contributed by atoms with E-state index in [1.54, 1.807) is 19.1 Å². The lowest BCUT2D eigenvalue weighted by Crippen LogP contribution is -2.37. The van der Waals surface area contributed by atoms with Gasteiger partial charge in [0.05, 0.1) is 27.7 Å². The van der Waals surface area contributed by atoms with Gasteiger partial charge in [-0.05, 0) is 43.3 Å². The zero-order valence-corrected chi connectivity index (χ0v) is 19.3. The van der Waals surface area contributed by atoms with E-state index in [0.717, 1.165) is 28.1 Å². The largest absolute Gasteiger partial charge is 0.416 e. The van der Waals surface area contributed by atoms with E-state index >= 15 is 0 Å². The van der Waals surface area contributed by atoms with Gasteiger partial charge in [0, 0.05) is 12.1 Å². The molecule has 0 aliphatic rings. The SMILES string of the molecule is Cc1ccc(S(=O)(=O)N(CC(=O)Nc2cc(C(F)(F)F)ccc2Cl)Cc2ccccc2F)cc1. The summed E-state index contributed by atoms with van der Waals surface area (Å²) < 4.78 is 80.5. The molecule has 0 saturated carbocycles. The molecule has 0 radical (unpaired) electrons. The number of nitrogens with zero attached hydrogens (tertiary/aromatic N) is 1. The van der Waals surface area contributed by atoms with Gasteiger partial charge in [0.2, 0.25) is 15.9 Å². The lowest BCUT2D eigenvalue weighted by atomic mass is 10.2. The summed E-state index contributed by atoms with van der Waals surface area (Å²) in [4.78, 5) is 12.6. The second-order valence-corrected chi connectivity index (χ2v) is 9.76. The number of aryl methyl sites for hydroxylation is 1. The quantitative estimate of drug-likeness (QED) is 0.415. The highest BCUT2D eigenvalue weighted by atomic mass is 35.5. The average Bonchev–Trinajstić information content (AvgIpc) is 2.75. The average molecular weight is 515 g/mol. The van der Waals surface area contributed by atoms with E-state index in [4.69, 9.17) is 11.6 Å². The van der Waals surface area contributed by atoms with Gasteiger partial charge in [-0.25, -0.2) is 12.8 Å². The number of alkyl halides is 3. The molecule has 34 heavy (non-hydrogen) atoms. The van der Waals surface area contributed by atoms with Crippen LogP contribution in [0.1, 0.15) is 16.7 Å². The van der Waals surface area contributed by atoms with Gasteiger partial charge in [0.25, 0.3) is 0 Å². The fourth-order valence-corrected chi connectivity index (χ4v) is 4.59. The third-order valence-corrected chi connectivity index (χ3v) is 6.99. The van der Waals surface area contributed by atoms with Gasteiger partial charge in [-0.3, -0.25) is 4.79 Å². The molecular weight excluding hydrogens is 496 g/mol. The standard InChI is InChI=1S/C23H19ClF4N2O3S/c1-15-6-9-18(10-7-15)34(32,33)30(13-16-4-2-3-5-20(16)25)14-22(31)29-21-12-17(23(26,27)28)8-11-19(21)24/h2-12H,13-14H2,1H3,(H,29,31).